The highest BCUT2D eigenvalue weighted by Gasteiger charge is 1.91. The first-order valence-electron chi connectivity index (χ1n) is 2.52. The van der Waals surface area contributed by atoms with Crippen molar-refractivity contribution < 1.29 is 0 Å². The summed E-state index contributed by atoms with van der Waals surface area (Å²) in [6, 6.07) is 0. The highest BCUT2D eigenvalue weighted by molar-refractivity contribution is 4.83. The van der Waals surface area contributed by atoms with Crippen molar-refractivity contribution in [2.24, 2.45) is 0 Å². The van der Waals surface area contributed by atoms with Crippen LogP contribution in [0.25, 0.3) is 0 Å². The van der Waals surface area contributed by atoms with Crippen molar-refractivity contribution in [1.82, 2.24) is 10.4 Å². The molecule has 0 aromatic carbocycles. The van der Waals surface area contributed by atoms with E-state index in [0.717, 1.165) is 13.0 Å². The molecule has 40 valence electrons. The molecule has 0 saturated carbocycles. The highest BCUT2D eigenvalue weighted by Crippen LogP contribution is 1.89. The average Bonchev–Trinajstić information content (AvgIpc) is 1.69. The van der Waals surface area contributed by atoms with E-state index in [0.29, 0.717) is 0 Å². The Labute approximate surface area is 43.8 Å². The molecule has 0 radical (unpaired) electrons. The molecule has 1 aliphatic rings. The summed E-state index contributed by atoms with van der Waals surface area (Å²) in [7, 11) is 2.00. The highest BCUT2D eigenvalue weighted by atomic mass is 15.5. The van der Waals surface area contributed by atoms with E-state index >= 15 is 0 Å². The van der Waals surface area contributed by atoms with Crippen LogP contribution < -0.4 is 5.43 Å². The molecule has 2 nitrogen and oxygen atoms in total. The summed E-state index contributed by atoms with van der Waals surface area (Å²) in [6.45, 7) is 1.08. The van der Waals surface area contributed by atoms with Crippen LogP contribution in [0, 0.1) is 0 Å². The molecule has 0 spiro atoms. The Morgan fingerprint density at radius 2 is 2.57 bits per heavy atom. The van der Waals surface area contributed by atoms with Gasteiger partial charge >= 0.3 is 0 Å². The van der Waals surface area contributed by atoms with Gasteiger partial charge in [-0.3, -0.25) is 0 Å². The fraction of sp³-hybridized carbons (Fsp3) is 0.600. The van der Waals surface area contributed by atoms with Gasteiger partial charge < -0.3 is 5.01 Å². The lowest BCUT2D eigenvalue weighted by Crippen LogP contribution is -2.32. The van der Waals surface area contributed by atoms with Crippen molar-refractivity contribution in [3.05, 3.63) is 12.3 Å². The summed E-state index contributed by atoms with van der Waals surface area (Å²) in [4.78, 5) is 0. The van der Waals surface area contributed by atoms with E-state index in [4.69, 9.17) is 0 Å². The lowest BCUT2D eigenvalue weighted by molar-refractivity contribution is 0.316. The minimum Gasteiger partial charge on any atom is -0.319 e. The van der Waals surface area contributed by atoms with Gasteiger partial charge in [0.2, 0.25) is 0 Å². The van der Waals surface area contributed by atoms with Gasteiger partial charge in [-0.05, 0) is 6.42 Å². The summed E-state index contributed by atoms with van der Waals surface area (Å²) in [5.41, 5.74) is 3.13. The molecular weight excluding hydrogens is 88.1 g/mol. The predicted octanol–water partition coefficient (Wildman–Crippen LogP) is 0.340. The molecule has 2 heteroatoms. The van der Waals surface area contributed by atoms with E-state index in [9.17, 15) is 0 Å². The van der Waals surface area contributed by atoms with Crippen LogP contribution >= 0.6 is 0 Å². The molecule has 0 bridgehead atoms. The number of hydrogen-bond donors (Lipinski definition) is 1. The second kappa shape index (κ2) is 1.98. The average molecular weight is 98.1 g/mol. The normalized spacial score (nSPS) is 20.4. The van der Waals surface area contributed by atoms with Gasteiger partial charge in [-0.15, -0.1) is 0 Å². The maximum absolute atomic E-state index is 3.13. The molecular formula is C5H10N2. The monoisotopic (exact) mass is 98.1 g/mol. The van der Waals surface area contributed by atoms with Crippen LogP contribution in [-0.2, 0) is 0 Å². The molecule has 1 rings (SSSR count). The van der Waals surface area contributed by atoms with Crippen LogP contribution in [0.2, 0.25) is 0 Å². The molecule has 0 aliphatic carbocycles. The number of hydrazine groups is 1. The smallest absolute Gasteiger partial charge is 0.0225 e. The first-order chi connectivity index (χ1) is 3.39. The zero-order chi connectivity index (χ0) is 5.11. The third-order valence-electron chi connectivity index (χ3n) is 1.00. The minimum absolute atomic E-state index is 1.08. The minimum atomic E-state index is 1.08. The van der Waals surface area contributed by atoms with E-state index in [1.54, 1.807) is 0 Å². The summed E-state index contributed by atoms with van der Waals surface area (Å²) in [6.07, 6.45) is 5.34. The van der Waals surface area contributed by atoms with Crippen LogP contribution in [-0.4, -0.2) is 18.6 Å². The van der Waals surface area contributed by atoms with Crippen LogP contribution in [0.3, 0.4) is 0 Å². The summed E-state index contributed by atoms with van der Waals surface area (Å²) in [5, 5.41) is 1.96. The molecule has 1 N–H and O–H groups in total. The Hall–Kier alpha value is -0.500. The maximum Gasteiger partial charge on any atom is 0.0225 e. The van der Waals surface area contributed by atoms with Crippen LogP contribution in [0.4, 0.5) is 0 Å². The van der Waals surface area contributed by atoms with Crippen molar-refractivity contribution in [1.29, 1.82) is 0 Å². The molecule has 0 saturated heterocycles. The standard InChI is InChI=1S/C5H10N2/c1-7-5-3-2-4-6-7/h3,5-6H,2,4H2,1H3. The van der Waals surface area contributed by atoms with Gasteiger partial charge in [0.1, 0.15) is 0 Å². The third kappa shape index (κ3) is 1.20. The summed E-state index contributed by atoms with van der Waals surface area (Å²) in [5.74, 6) is 0. The molecule has 0 fully saturated rings. The van der Waals surface area contributed by atoms with Gasteiger partial charge in [0.25, 0.3) is 0 Å². The lowest BCUT2D eigenvalue weighted by Gasteiger charge is -2.18. The van der Waals surface area contributed by atoms with Gasteiger partial charge in [0, 0.05) is 19.8 Å². The largest absolute Gasteiger partial charge is 0.319 e. The van der Waals surface area contributed by atoms with E-state index < -0.39 is 0 Å². The topological polar surface area (TPSA) is 15.3 Å². The van der Waals surface area contributed by atoms with Crippen LogP contribution in [0.5, 0.6) is 0 Å². The fourth-order valence-corrected chi connectivity index (χ4v) is 0.610. The van der Waals surface area contributed by atoms with Crippen molar-refractivity contribution in [3.8, 4) is 0 Å². The Morgan fingerprint density at radius 1 is 1.71 bits per heavy atom. The fourth-order valence-electron chi connectivity index (χ4n) is 0.610. The molecule has 0 aromatic heterocycles. The lowest BCUT2D eigenvalue weighted by atomic mass is 10.4. The van der Waals surface area contributed by atoms with E-state index in [-0.39, 0.29) is 0 Å². The van der Waals surface area contributed by atoms with Gasteiger partial charge in [-0.25, -0.2) is 5.43 Å². The molecule has 0 atom stereocenters. The van der Waals surface area contributed by atoms with Gasteiger partial charge in [-0.1, -0.05) is 6.08 Å². The van der Waals surface area contributed by atoms with Crippen molar-refractivity contribution in [3.63, 3.8) is 0 Å². The number of nitrogens with one attached hydrogen (secondary N) is 1. The second-order valence-electron chi connectivity index (χ2n) is 1.69. The van der Waals surface area contributed by atoms with Crippen molar-refractivity contribution in [2.45, 2.75) is 6.42 Å². The van der Waals surface area contributed by atoms with E-state index in [2.05, 4.69) is 11.5 Å². The molecule has 1 heterocycles. The molecule has 0 aromatic rings. The molecule has 0 amide bonds. The molecule has 0 unspecified atom stereocenters. The van der Waals surface area contributed by atoms with Gasteiger partial charge in [0.15, 0.2) is 0 Å². The Balaban J connectivity index is 2.36. The number of nitrogens with zero attached hydrogens (tertiary/aromatic N) is 1. The quantitative estimate of drug-likeness (QED) is 0.470. The van der Waals surface area contributed by atoms with Gasteiger partial charge in [0.05, 0.1) is 0 Å². The maximum atomic E-state index is 3.13. The SMILES string of the molecule is CN1C=CCCN1. The van der Waals surface area contributed by atoms with E-state index in [1.165, 1.54) is 0 Å². The Morgan fingerprint density at radius 3 is 2.86 bits per heavy atom. The Bertz CT molecular complexity index is 78.1. The molecule has 1 aliphatic heterocycles. The van der Waals surface area contributed by atoms with Gasteiger partial charge in [-0.2, -0.15) is 0 Å². The third-order valence-corrected chi connectivity index (χ3v) is 1.00. The first kappa shape index (κ1) is 4.65. The predicted molar refractivity (Wildman–Crippen MR) is 29.5 cm³/mol. The zero-order valence-electron chi connectivity index (χ0n) is 4.52. The van der Waals surface area contributed by atoms with Crippen LogP contribution in [0.15, 0.2) is 12.3 Å². The second-order valence-corrected chi connectivity index (χ2v) is 1.69. The molecule has 7 heavy (non-hydrogen) atoms. The Kier molecular flexibility index (Phi) is 1.32. The summed E-state index contributed by atoms with van der Waals surface area (Å²) >= 11 is 0. The van der Waals surface area contributed by atoms with Crippen molar-refractivity contribution in [2.75, 3.05) is 13.6 Å². The van der Waals surface area contributed by atoms with E-state index in [1.807, 2.05) is 18.3 Å². The number of rotatable bonds is 0. The number of hydrogen-bond acceptors (Lipinski definition) is 2. The zero-order valence-corrected chi connectivity index (χ0v) is 4.52. The summed E-state index contributed by atoms with van der Waals surface area (Å²) < 4.78 is 0. The van der Waals surface area contributed by atoms with Crippen LogP contribution in [0.1, 0.15) is 6.42 Å². The first-order valence-corrected chi connectivity index (χ1v) is 2.52. The van der Waals surface area contributed by atoms with Crippen molar-refractivity contribution >= 4 is 0 Å².